The number of rotatable bonds is 3. The Morgan fingerprint density at radius 3 is 2.06 bits per heavy atom. The van der Waals surface area contributed by atoms with Crippen LogP contribution in [0.3, 0.4) is 0 Å². The highest BCUT2D eigenvalue weighted by Gasteiger charge is 2.41. The van der Waals surface area contributed by atoms with E-state index in [1.807, 2.05) is 77.9 Å². The van der Waals surface area contributed by atoms with Crippen molar-refractivity contribution in [2.45, 2.75) is 39.2 Å². The first-order valence-electron chi connectivity index (χ1n) is 11.8. The second-order valence-electron chi connectivity index (χ2n) is 9.99. The van der Waals surface area contributed by atoms with Crippen molar-refractivity contribution in [1.82, 2.24) is 14.7 Å². The molecule has 0 aliphatic carbocycles. The monoisotopic (exact) mass is 447 g/mol. The Balaban J connectivity index is 1.36. The second kappa shape index (κ2) is 9.38. The Morgan fingerprint density at radius 1 is 0.818 bits per heavy atom. The Morgan fingerprint density at radius 2 is 1.42 bits per heavy atom. The molecular weight excluding hydrogens is 414 g/mol. The summed E-state index contributed by atoms with van der Waals surface area (Å²) in [6, 6.07) is 17.8. The van der Waals surface area contributed by atoms with E-state index < -0.39 is 0 Å². The van der Waals surface area contributed by atoms with Crippen LogP contribution in [0.2, 0.25) is 0 Å². The van der Waals surface area contributed by atoms with E-state index in [4.69, 9.17) is 0 Å². The summed E-state index contributed by atoms with van der Waals surface area (Å²) in [5.41, 5.74) is 2.59. The number of nitrogens with zero attached hydrogens (tertiary/aromatic N) is 3. The van der Waals surface area contributed by atoms with Crippen molar-refractivity contribution in [1.29, 1.82) is 0 Å². The smallest absolute Gasteiger partial charge is 0.253 e. The summed E-state index contributed by atoms with van der Waals surface area (Å²) in [6.07, 6.45) is 1.02. The molecule has 3 amide bonds. The molecule has 6 heteroatoms. The third kappa shape index (κ3) is 5.10. The molecule has 0 aromatic heterocycles. The predicted molar refractivity (Wildman–Crippen MR) is 129 cm³/mol. The molecule has 1 unspecified atom stereocenters. The van der Waals surface area contributed by atoms with Gasteiger partial charge < -0.3 is 14.7 Å². The van der Waals surface area contributed by atoms with Gasteiger partial charge in [0.15, 0.2) is 0 Å². The minimum Gasteiger partial charge on any atom is -0.341 e. The fraction of sp³-hybridized carbons (Fsp3) is 0.444. The summed E-state index contributed by atoms with van der Waals surface area (Å²) in [4.78, 5) is 44.1. The Labute approximate surface area is 196 Å². The van der Waals surface area contributed by atoms with E-state index in [0.717, 1.165) is 17.5 Å². The maximum absolute atomic E-state index is 13.1. The Bertz CT molecular complexity index is 1010. The molecule has 2 aromatic carbocycles. The molecule has 0 radical (unpaired) electrons. The molecule has 2 aromatic rings. The number of likely N-dealkylation sites (tertiary alicyclic amines) is 1. The highest BCUT2D eigenvalue weighted by Crippen LogP contribution is 2.27. The summed E-state index contributed by atoms with van der Waals surface area (Å²) >= 11 is 0. The highest BCUT2D eigenvalue weighted by atomic mass is 16.2. The largest absolute Gasteiger partial charge is 0.341 e. The second-order valence-corrected chi connectivity index (χ2v) is 9.99. The van der Waals surface area contributed by atoms with Gasteiger partial charge in [0.05, 0.1) is 5.92 Å². The molecule has 174 valence electrons. The summed E-state index contributed by atoms with van der Waals surface area (Å²) in [6.45, 7) is 8.74. The zero-order valence-corrected chi connectivity index (χ0v) is 19.8. The van der Waals surface area contributed by atoms with Crippen molar-refractivity contribution in [3.05, 3.63) is 60.2 Å². The molecule has 2 aliphatic rings. The van der Waals surface area contributed by atoms with Gasteiger partial charge in [-0.15, -0.1) is 0 Å². The third-order valence-corrected chi connectivity index (χ3v) is 6.62. The topological polar surface area (TPSA) is 60.9 Å². The van der Waals surface area contributed by atoms with Crippen LogP contribution in [0.4, 0.5) is 0 Å². The lowest BCUT2D eigenvalue weighted by Gasteiger charge is -2.32. The van der Waals surface area contributed by atoms with E-state index in [9.17, 15) is 14.4 Å². The van der Waals surface area contributed by atoms with E-state index in [2.05, 4.69) is 12.1 Å². The first-order valence-corrected chi connectivity index (χ1v) is 11.8. The summed E-state index contributed by atoms with van der Waals surface area (Å²) < 4.78 is 0. The van der Waals surface area contributed by atoms with Crippen LogP contribution < -0.4 is 0 Å². The van der Waals surface area contributed by atoms with E-state index in [-0.39, 0.29) is 35.6 Å². The molecule has 1 atom stereocenters. The highest BCUT2D eigenvalue weighted by molar-refractivity contribution is 5.95. The summed E-state index contributed by atoms with van der Waals surface area (Å²) in [5.74, 6) is -0.202. The SMILES string of the molecule is CC(C)(C)N1CC(C(=O)N2CCCN(C(=O)c3ccc(-c4ccccc4)cc3)CC2)CC1=O. The molecule has 2 fully saturated rings. The molecule has 2 heterocycles. The van der Waals surface area contributed by atoms with Crippen molar-refractivity contribution in [2.75, 3.05) is 32.7 Å². The normalized spacial score (nSPS) is 19.5. The van der Waals surface area contributed by atoms with Crippen LogP contribution in [0, 0.1) is 5.92 Å². The van der Waals surface area contributed by atoms with Gasteiger partial charge in [0.2, 0.25) is 11.8 Å². The van der Waals surface area contributed by atoms with Gasteiger partial charge >= 0.3 is 0 Å². The standard InChI is InChI=1S/C27H33N3O3/c1-27(2,3)30-19-23(18-24(30)31)26(33)29-15-7-14-28(16-17-29)25(32)22-12-10-21(11-13-22)20-8-5-4-6-9-20/h4-6,8-13,23H,7,14-19H2,1-3H3. The van der Waals surface area contributed by atoms with E-state index in [0.29, 0.717) is 38.3 Å². The third-order valence-electron chi connectivity index (χ3n) is 6.62. The molecular formula is C27H33N3O3. The van der Waals surface area contributed by atoms with Crippen molar-refractivity contribution < 1.29 is 14.4 Å². The lowest BCUT2D eigenvalue weighted by atomic mass is 10.0. The first kappa shape index (κ1) is 23.0. The average Bonchev–Trinajstić information content (AvgIpc) is 3.05. The van der Waals surface area contributed by atoms with Crippen LogP contribution in [-0.2, 0) is 9.59 Å². The van der Waals surface area contributed by atoms with Crippen LogP contribution in [0.5, 0.6) is 0 Å². The fourth-order valence-electron chi connectivity index (χ4n) is 4.74. The number of hydrogen-bond donors (Lipinski definition) is 0. The van der Waals surface area contributed by atoms with Gasteiger partial charge in [0, 0.05) is 50.2 Å². The lowest BCUT2D eigenvalue weighted by molar-refractivity contribution is -0.135. The molecule has 0 saturated carbocycles. The summed E-state index contributed by atoms with van der Waals surface area (Å²) in [5, 5.41) is 0. The molecule has 0 bridgehead atoms. The number of hydrogen-bond acceptors (Lipinski definition) is 3. The van der Waals surface area contributed by atoms with Gasteiger partial charge in [0.25, 0.3) is 5.91 Å². The molecule has 0 spiro atoms. The zero-order valence-electron chi connectivity index (χ0n) is 19.8. The minimum atomic E-state index is -0.287. The van der Waals surface area contributed by atoms with Gasteiger partial charge in [-0.05, 0) is 50.5 Å². The number of amides is 3. The molecule has 6 nitrogen and oxygen atoms in total. The van der Waals surface area contributed by atoms with Crippen LogP contribution >= 0.6 is 0 Å². The Kier molecular flexibility index (Phi) is 6.54. The number of carbonyl (C=O) groups excluding carboxylic acids is 3. The number of carbonyl (C=O) groups is 3. The minimum absolute atomic E-state index is 0.00105. The average molecular weight is 448 g/mol. The van der Waals surface area contributed by atoms with Gasteiger partial charge in [0.1, 0.15) is 0 Å². The van der Waals surface area contributed by atoms with Gasteiger partial charge in [-0.1, -0.05) is 42.5 Å². The van der Waals surface area contributed by atoms with Gasteiger partial charge in [-0.3, -0.25) is 14.4 Å². The van der Waals surface area contributed by atoms with E-state index in [1.54, 1.807) is 0 Å². The van der Waals surface area contributed by atoms with Crippen LogP contribution in [0.25, 0.3) is 11.1 Å². The van der Waals surface area contributed by atoms with Gasteiger partial charge in [-0.2, -0.15) is 0 Å². The predicted octanol–water partition coefficient (Wildman–Crippen LogP) is 3.68. The lowest BCUT2D eigenvalue weighted by Crippen LogP contribution is -2.44. The van der Waals surface area contributed by atoms with E-state index >= 15 is 0 Å². The first-order chi connectivity index (χ1) is 15.7. The van der Waals surface area contributed by atoms with Crippen molar-refractivity contribution >= 4 is 17.7 Å². The Hall–Kier alpha value is -3.15. The molecule has 4 rings (SSSR count). The van der Waals surface area contributed by atoms with Crippen molar-refractivity contribution in [3.63, 3.8) is 0 Å². The maximum Gasteiger partial charge on any atom is 0.253 e. The molecule has 33 heavy (non-hydrogen) atoms. The van der Waals surface area contributed by atoms with E-state index in [1.165, 1.54) is 0 Å². The van der Waals surface area contributed by atoms with Crippen LogP contribution in [-0.4, -0.2) is 70.7 Å². The molecule has 2 aliphatic heterocycles. The van der Waals surface area contributed by atoms with Crippen LogP contribution in [0.1, 0.15) is 44.0 Å². The maximum atomic E-state index is 13.1. The van der Waals surface area contributed by atoms with Crippen molar-refractivity contribution in [2.24, 2.45) is 5.92 Å². The molecule has 2 saturated heterocycles. The number of benzene rings is 2. The summed E-state index contributed by atoms with van der Waals surface area (Å²) in [7, 11) is 0. The van der Waals surface area contributed by atoms with Gasteiger partial charge in [-0.25, -0.2) is 0 Å². The van der Waals surface area contributed by atoms with Crippen molar-refractivity contribution in [3.8, 4) is 11.1 Å². The quantitative estimate of drug-likeness (QED) is 0.721. The molecule has 0 N–H and O–H groups in total. The zero-order chi connectivity index (χ0) is 23.6. The van der Waals surface area contributed by atoms with Crippen LogP contribution in [0.15, 0.2) is 54.6 Å². The fourth-order valence-corrected chi connectivity index (χ4v) is 4.74.